The number of carboxylic acid groups (broad SMARTS) is 1. The van der Waals surface area contributed by atoms with Gasteiger partial charge in [0.25, 0.3) is 0 Å². The number of aryl methyl sites for hydroxylation is 1. The van der Waals surface area contributed by atoms with Crippen LogP contribution in [-0.4, -0.2) is 36.2 Å². The lowest BCUT2D eigenvalue weighted by Gasteiger charge is -2.29. The number of benzene rings is 1. The largest absolute Gasteiger partial charge is 0.496 e. The molecule has 0 heterocycles. The number of methoxy groups -OCH3 is 1. The molecule has 0 aliphatic heterocycles. The van der Waals surface area contributed by atoms with E-state index in [0.717, 1.165) is 23.4 Å². The average molecular weight is 277 g/mol. The van der Waals surface area contributed by atoms with Gasteiger partial charge in [0, 0.05) is 18.2 Å². The maximum absolute atomic E-state index is 11.1. The number of carboxylic acids is 1. The van der Waals surface area contributed by atoms with Crippen LogP contribution >= 0.6 is 0 Å². The van der Waals surface area contributed by atoms with Crippen molar-refractivity contribution in [1.29, 1.82) is 0 Å². The van der Waals surface area contributed by atoms with Gasteiger partial charge in [-0.15, -0.1) is 0 Å². The molecule has 0 spiro atoms. The second kappa shape index (κ2) is 6.27. The first-order valence-corrected chi connectivity index (χ1v) is 7.11. The molecular formula is C16H23NO3. The molecule has 1 unspecified atom stereocenters. The normalized spacial score (nSPS) is 16.2. The molecule has 1 aromatic carbocycles. The molecule has 4 nitrogen and oxygen atoms in total. The first-order chi connectivity index (χ1) is 9.51. The van der Waals surface area contributed by atoms with Gasteiger partial charge in [-0.05, 0) is 38.7 Å². The molecule has 1 atom stereocenters. The maximum atomic E-state index is 11.1. The zero-order chi connectivity index (χ0) is 14.7. The van der Waals surface area contributed by atoms with Gasteiger partial charge in [0.2, 0.25) is 0 Å². The Morgan fingerprint density at radius 1 is 1.50 bits per heavy atom. The molecule has 0 radical (unpaired) electrons. The SMILES string of the molecule is COc1ccc(C)cc1C(C)N(CC(=O)O)CC1CC1. The average Bonchev–Trinajstić information content (AvgIpc) is 3.20. The van der Waals surface area contributed by atoms with Gasteiger partial charge >= 0.3 is 5.97 Å². The van der Waals surface area contributed by atoms with Crippen LogP contribution in [0.1, 0.15) is 36.9 Å². The monoisotopic (exact) mass is 277 g/mol. The van der Waals surface area contributed by atoms with Crippen LogP contribution in [0.4, 0.5) is 0 Å². The topological polar surface area (TPSA) is 49.8 Å². The van der Waals surface area contributed by atoms with Gasteiger partial charge in [-0.3, -0.25) is 9.69 Å². The number of hydrogen-bond donors (Lipinski definition) is 1. The van der Waals surface area contributed by atoms with Crippen molar-refractivity contribution in [2.24, 2.45) is 5.92 Å². The van der Waals surface area contributed by atoms with Gasteiger partial charge in [0.05, 0.1) is 13.7 Å². The first-order valence-electron chi connectivity index (χ1n) is 7.11. The number of nitrogens with zero attached hydrogens (tertiary/aromatic N) is 1. The van der Waals surface area contributed by atoms with Crippen molar-refractivity contribution in [3.63, 3.8) is 0 Å². The van der Waals surface area contributed by atoms with E-state index in [9.17, 15) is 4.79 Å². The highest BCUT2D eigenvalue weighted by atomic mass is 16.5. The zero-order valence-corrected chi connectivity index (χ0v) is 12.4. The van der Waals surface area contributed by atoms with Crippen LogP contribution in [0.5, 0.6) is 5.75 Å². The summed E-state index contributed by atoms with van der Waals surface area (Å²) in [6.07, 6.45) is 2.43. The second-order valence-electron chi connectivity index (χ2n) is 5.69. The molecule has 1 saturated carbocycles. The van der Waals surface area contributed by atoms with Gasteiger partial charge in [-0.2, -0.15) is 0 Å². The predicted octanol–water partition coefficient (Wildman–Crippen LogP) is 2.86. The van der Waals surface area contributed by atoms with Crippen molar-refractivity contribution in [2.75, 3.05) is 20.2 Å². The molecule has 1 N–H and O–H groups in total. The van der Waals surface area contributed by atoms with E-state index in [1.54, 1.807) is 7.11 Å². The number of ether oxygens (including phenoxy) is 1. The van der Waals surface area contributed by atoms with Crippen molar-refractivity contribution in [3.8, 4) is 5.75 Å². The van der Waals surface area contributed by atoms with Gasteiger partial charge in [0.15, 0.2) is 0 Å². The van der Waals surface area contributed by atoms with E-state index in [1.165, 1.54) is 12.8 Å². The Balaban J connectivity index is 2.22. The van der Waals surface area contributed by atoms with Crippen molar-refractivity contribution in [3.05, 3.63) is 29.3 Å². The van der Waals surface area contributed by atoms with Crippen molar-refractivity contribution in [1.82, 2.24) is 4.90 Å². The van der Waals surface area contributed by atoms with Crippen LogP contribution < -0.4 is 4.74 Å². The fourth-order valence-corrected chi connectivity index (χ4v) is 2.54. The third-order valence-electron chi connectivity index (χ3n) is 3.91. The fourth-order valence-electron chi connectivity index (χ4n) is 2.54. The summed E-state index contributed by atoms with van der Waals surface area (Å²) in [5.41, 5.74) is 2.23. The Kier molecular flexibility index (Phi) is 4.65. The lowest BCUT2D eigenvalue weighted by Crippen LogP contribution is -2.34. The van der Waals surface area contributed by atoms with E-state index in [0.29, 0.717) is 5.92 Å². The quantitative estimate of drug-likeness (QED) is 0.832. The van der Waals surface area contributed by atoms with Crippen molar-refractivity contribution < 1.29 is 14.6 Å². The van der Waals surface area contributed by atoms with E-state index >= 15 is 0 Å². The standard InChI is InChI=1S/C16H23NO3/c1-11-4-7-15(20-3)14(8-11)12(2)17(10-16(18)19)9-13-5-6-13/h4,7-8,12-13H,5-6,9-10H2,1-3H3,(H,18,19). The summed E-state index contributed by atoms with van der Waals surface area (Å²) in [4.78, 5) is 13.1. The van der Waals surface area contributed by atoms with E-state index in [2.05, 4.69) is 13.0 Å². The molecule has 0 amide bonds. The van der Waals surface area contributed by atoms with E-state index in [-0.39, 0.29) is 12.6 Å². The Morgan fingerprint density at radius 2 is 2.20 bits per heavy atom. The summed E-state index contributed by atoms with van der Waals surface area (Å²) in [7, 11) is 1.66. The van der Waals surface area contributed by atoms with Crippen LogP contribution in [0.25, 0.3) is 0 Å². The van der Waals surface area contributed by atoms with Crippen LogP contribution in [-0.2, 0) is 4.79 Å². The van der Waals surface area contributed by atoms with Crippen LogP contribution in [0.3, 0.4) is 0 Å². The molecule has 4 heteroatoms. The Morgan fingerprint density at radius 3 is 2.75 bits per heavy atom. The molecule has 0 aromatic heterocycles. The third kappa shape index (κ3) is 3.73. The summed E-state index contributed by atoms with van der Waals surface area (Å²) in [6.45, 7) is 5.03. The van der Waals surface area contributed by atoms with Gasteiger partial charge < -0.3 is 9.84 Å². The molecule has 20 heavy (non-hydrogen) atoms. The summed E-state index contributed by atoms with van der Waals surface area (Å²) in [5.74, 6) is 0.714. The number of rotatable bonds is 7. The minimum atomic E-state index is -0.774. The Bertz CT molecular complexity index is 483. The third-order valence-corrected chi connectivity index (χ3v) is 3.91. The van der Waals surface area contributed by atoms with Crippen molar-refractivity contribution >= 4 is 5.97 Å². The summed E-state index contributed by atoms with van der Waals surface area (Å²) >= 11 is 0. The smallest absolute Gasteiger partial charge is 0.317 e. The molecule has 1 fully saturated rings. The summed E-state index contributed by atoms with van der Waals surface area (Å²) in [6, 6.07) is 6.10. The second-order valence-corrected chi connectivity index (χ2v) is 5.69. The molecule has 0 saturated heterocycles. The van der Waals surface area contributed by atoms with E-state index < -0.39 is 5.97 Å². The maximum Gasteiger partial charge on any atom is 0.317 e. The highest BCUT2D eigenvalue weighted by molar-refractivity contribution is 5.69. The lowest BCUT2D eigenvalue weighted by molar-refractivity contribution is -0.139. The van der Waals surface area contributed by atoms with Crippen LogP contribution in [0.15, 0.2) is 18.2 Å². The molecule has 110 valence electrons. The Hall–Kier alpha value is -1.55. The summed E-state index contributed by atoms with van der Waals surface area (Å²) in [5, 5.41) is 9.12. The first kappa shape index (κ1) is 14.9. The molecule has 1 aliphatic carbocycles. The number of carbonyl (C=O) groups is 1. The van der Waals surface area contributed by atoms with Crippen LogP contribution in [0, 0.1) is 12.8 Å². The minimum absolute atomic E-state index is 0.0431. The minimum Gasteiger partial charge on any atom is -0.496 e. The van der Waals surface area contributed by atoms with Gasteiger partial charge in [-0.25, -0.2) is 0 Å². The molecule has 0 bridgehead atoms. The predicted molar refractivity (Wildman–Crippen MR) is 78.1 cm³/mol. The Labute approximate surface area is 120 Å². The van der Waals surface area contributed by atoms with E-state index in [4.69, 9.17) is 9.84 Å². The molecule has 2 rings (SSSR count). The molecular weight excluding hydrogens is 254 g/mol. The fraction of sp³-hybridized carbons (Fsp3) is 0.562. The number of hydrogen-bond acceptors (Lipinski definition) is 3. The summed E-state index contributed by atoms with van der Waals surface area (Å²) < 4.78 is 5.42. The highest BCUT2D eigenvalue weighted by Crippen LogP contribution is 2.35. The number of aliphatic carboxylic acids is 1. The van der Waals surface area contributed by atoms with Gasteiger partial charge in [0.1, 0.15) is 5.75 Å². The van der Waals surface area contributed by atoms with Gasteiger partial charge in [-0.1, -0.05) is 17.7 Å². The lowest BCUT2D eigenvalue weighted by atomic mass is 10.0. The van der Waals surface area contributed by atoms with E-state index in [1.807, 2.05) is 24.0 Å². The molecule has 1 aliphatic rings. The van der Waals surface area contributed by atoms with Crippen LogP contribution in [0.2, 0.25) is 0 Å². The van der Waals surface area contributed by atoms with Crippen molar-refractivity contribution in [2.45, 2.75) is 32.7 Å². The highest BCUT2D eigenvalue weighted by Gasteiger charge is 2.29. The molecule has 1 aromatic rings. The zero-order valence-electron chi connectivity index (χ0n) is 12.4.